The monoisotopic (exact) mass is 354 g/mol. The van der Waals surface area contributed by atoms with E-state index in [4.69, 9.17) is 0 Å². The molecule has 5 heteroatoms. The molecule has 2 aromatic rings. The molecule has 138 valence electrons. The van der Waals surface area contributed by atoms with Gasteiger partial charge in [-0.3, -0.25) is 4.79 Å². The average molecular weight is 354 g/mol. The fourth-order valence-electron chi connectivity index (χ4n) is 2.81. The Morgan fingerprint density at radius 1 is 1.15 bits per heavy atom. The summed E-state index contributed by atoms with van der Waals surface area (Å²) >= 11 is 0. The Labute approximate surface area is 155 Å². The number of quaternary nitrogens is 1. The van der Waals surface area contributed by atoms with E-state index in [2.05, 4.69) is 24.4 Å². The van der Waals surface area contributed by atoms with E-state index in [1.807, 2.05) is 44.2 Å². The number of nitrogens with one attached hydrogen (secondary N) is 2. The van der Waals surface area contributed by atoms with Gasteiger partial charge in [-0.2, -0.15) is 5.10 Å². The van der Waals surface area contributed by atoms with E-state index in [0.29, 0.717) is 17.0 Å². The molecule has 0 aromatic heterocycles. The maximum Gasteiger partial charge on any atom is 0.271 e. The normalized spacial score (nSPS) is 11.7. The van der Waals surface area contributed by atoms with Crippen LogP contribution in [0.5, 0.6) is 5.75 Å². The third-order valence-corrected chi connectivity index (χ3v) is 4.65. The predicted octanol–water partition coefficient (Wildman–Crippen LogP) is 2.28. The lowest BCUT2D eigenvalue weighted by Gasteiger charge is -2.16. The number of phenolic OH excluding ortho intramolecular Hbond substituents is 1. The molecule has 0 fully saturated rings. The van der Waals surface area contributed by atoms with Crippen molar-refractivity contribution < 1.29 is 14.8 Å². The van der Waals surface area contributed by atoms with Crippen LogP contribution in [0.25, 0.3) is 0 Å². The second kappa shape index (κ2) is 9.15. The van der Waals surface area contributed by atoms with E-state index in [1.54, 1.807) is 12.1 Å². The number of hydrogen-bond acceptors (Lipinski definition) is 3. The van der Waals surface area contributed by atoms with E-state index < -0.39 is 0 Å². The maximum atomic E-state index is 12.3. The summed E-state index contributed by atoms with van der Waals surface area (Å²) < 4.78 is 0. The summed E-state index contributed by atoms with van der Waals surface area (Å²) in [5.41, 5.74) is 6.61. The van der Waals surface area contributed by atoms with Gasteiger partial charge in [0, 0.05) is 11.1 Å². The van der Waals surface area contributed by atoms with Crippen LogP contribution in [0.4, 0.5) is 0 Å². The minimum Gasteiger partial charge on any atom is -0.507 e. The van der Waals surface area contributed by atoms with Gasteiger partial charge in [-0.25, -0.2) is 5.43 Å². The average Bonchev–Trinajstić information content (AvgIpc) is 2.65. The molecule has 5 nitrogen and oxygen atoms in total. The topological polar surface area (TPSA) is 66.1 Å². The number of aryl methyl sites for hydroxylation is 1. The molecule has 0 saturated carbocycles. The summed E-state index contributed by atoms with van der Waals surface area (Å²) in [5, 5.41) is 14.4. The number of amides is 1. The van der Waals surface area contributed by atoms with Gasteiger partial charge >= 0.3 is 0 Å². The van der Waals surface area contributed by atoms with Crippen molar-refractivity contribution in [3.8, 4) is 5.75 Å². The minimum absolute atomic E-state index is 0.228. The van der Waals surface area contributed by atoms with Crippen molar-refractivity contribution in [2.75, 3.05) is 13.1 Å². The number of nitrogens with zero attached hydrogens (tertiary/aromatic N) is 1. The van der Waals surface area contributed by atoms with Crippen LogP contribution >= 0.6 is 0 Å². The molecular weight excluding hydrogens is 326 g/mol. The number of phenols is 1. The first kappa shape index (κ1) is 19.7. The standard InChI is InChI=1S/C21H27N3O2/c1-5-24(6-2)14-18-13-17(11-12-20(18)25)16(4)22-23-21(26)19-10-8-7-9-15(19)3/h7-13,25H,5-6,14H2,1-4H3,(H,23,26)/p+1/b22-16+. The van der Waals surface area contributed by atoms with Gasteiger partial charge in [0.2, 0.25) is 0 Å². The van der Waals surface area contributed by atoms with Crippen LogP contribution in [-0.2, 0) is 6.54 Å². The Hall–Kier alpha value is -2.66. The number of carbonyl (C=O) groups is 1. The van der Waals surface area contributed by atoms with Gasteiger partial charge in [-0.15, -0.1) is 0 Å². The molecule has 1 amide bonds. The van der Waals surface area contributed by atoms with E-state index in [0.717, 1.165) is 36.3 Å². The van der Waals surface area contributed by atoms with Crippen molar-refractivity contribution in [3.05, 3.63) is 64.7 Å². The van der Waals surface area contributed by atoms with E-state index in [1.165, 1.54) is 4.90 Å². The van der Waals surface area contributed by atoms with Crippen molar-refractivity contribution in [1.29, 1.82) is 0 Å². The number of rotatable bonds is 7. The Morgan fingerprint density at radius 3 is 2.50 bits per heavy atom. The lowest BCUT2D eigenvalue weighted by Crippen LogP contribution is -3.10. The van der Waals surface area contributed by atoms with Gasteiger partial charge in [-0.1, -0.05) is 18.2 Å². The highest BCUT2D eigenvalue weighted by Crippen LogP contribution is 2.18. The lowest BCUT2D eigenvalue weighted by atomic mass is 10.1. The fourth-order valence-corrected chi connectivity index (χ4v) is 2.81. The van der Waals surface area contributed by atoms with Gasteiger partial charge in [0.05, 0.1) is 18.8 Å². The zero-order chi connectivity index (χ0) is 19.1. The van der Waals surface area contributed by atoms with Gasteiger partial charge < -0.3 is 10.0 Å². The molecule has 0 heterocycles. The predicted molar refractivity (Wildman–Crippen MR) is 105 cm³/mol. The van der Waals surface area contributed by atoms with Gasteiger partial charge in [0.25, 0.3) is 5.91 Å². The van der Waals surface area contributed by atoms with E-state index >= 15 is 0 Å². The molecule has 2 rings (SSSR count). The Bertz CT molecular complexity index is 796. The summed E-state index contributed by atoms with van der Waals surface area (Å²) in [5.74, 6) is 0.0685. The Balaban J connectivity index is 2.16. The summed E-state index contributed by atoms with van der Waals surface area (Å²) in [6.07, 6.45) is 0. The molecule has 2 aromatic carbocycles. The highest BCUT2D eigenvalue weighted by Gasteiger charge is 2.12. The van der Waals surface area contributed by atoms with Crippen molar-refractivity contribution >= 4 is 11.6 Å². The molecule has 0 atom stereocenters. The molecule has 0 aliphatic rings. The molecule has 26 heavy (non-hydrogen) atoms. The summed E-state index contributed by atoms with van der Waals surface area (Å²) in [7, 11) is 0. The van der Waals surface area contributed by atoms with Crippen LogP contribution < -0.4 is 10.3 Å². The number of aromatic hydroxyl groups is 1. The summed E-state index contributed by atoms with van der Waals surface area (Å²) in [4.78, 5) is 13.7. The Morgan fingerprint density at radius 2 is 1.85 bits per heavy atom. The molecule has 0 unspecified atom stereocenters. The van der Waals surface area contributed by atoms with E-state index in [-0.39, 0.29) is 5.91 Å². The van der Waals surface area contributed by atoms with E-state index in [9.17, 15) is 9.90 Å². The second-order valence-corrected chi connectivity index (χ2v) is 6.43. The Kier molecular flexibility index (Phi) is 6.92. The zero-order valence-electron chi connectivity index (χ0n) is 16.0. The molecule has 0 radical (unpaired) electrons. The molecule has 0 bridgehead atoms. The second-order valence-electron chi connectivity index (χ2n) is 6.43. The van der Waals surface area contributed by atoms with Crippen molar-refractivity contribution in [3.63, 3.8) is 0 Å². The maximum absolute atomic E-state index is 12.3. The van der Waals surface area contributed by atoms with Crippen LogP contribution in [0.1, 0.15) is 47.8 Å². The molecule has 0 aliphatic carbocycles. The molecule has 0 saturated heterocycles. The third kappa shape index (κ3) is 4.92. The number of carbonyl (C=O) groups excluding carboxylic acids is 1. The highest BCUT2D eigenvalue weighted by atomic mass is 16.3. The van der Waals surface area contributed by atoms with Crippen molar-refractivity contribution in [2.45, 2.75) is 34.2 Å². The highest BCUT2D eigenvalue weighted by molar-refractivity contribution is 6.01. The first-order valence-electron chi connectivity index (χ1n) is 9.02. The van der Waals surface area contributed by atoms with Crippen molar-refractivity contribution in [2.24, 2.45) is 5.10 Å². The molecule has 0 spiro atoms. The fraction of sp³-hybridized carbons (Fsp3) is 0.333. The van der Waals surface area contributed by atoms with Crippen LogP contribution in [0.3, 0.4) is 0 Å². The van der Waals surface area contributed by atoms with Crippen LogP contribution in [-0.4, -0.2) is 29.8 Å². The van der Waals surface area contributed by atoms with Crippen molar-refractivity contribution in [1.82, 2.24) is 5.43 Å². The smallest absolute Gasteiger partial charge is 0.271 e. The van der Waals surface area contributed by atoms with Gasteiger partial charge in [-0.05, 0) is 63.1 Å². The van der Waals surface area contributed by atoms with Crippen LogP contribution in [0, 0.1) is 6.92 Å². The van der Waals surface area contributed by atoms with Crippen LogP contribution in [0.2, 0.25) is 0 Å². The van der Waals surface area contributed by atoms with Gasteiger partial charge in [0.15, 0.2) is 0 Å². The lowest BCUT2D eigenvalue weighted by molar-refractivity contribution is -0.910. The number of hydrazone groups is 1. The SMILES string of the molecule is CC[NH+](CC)Cc1cc(/C(C)=N/NC(=O)c2ccccc2C)ccc1O. The largest absolute Gasteiger partial charge is 0.507 e. The summed E-state index contributed by atoms with van der Waals surface area (Å²) in [6, 6.07) is 12.9. The molecule has 0 aliphatic heterocycles. The van der Waals surface area contributed by atoms with Crippen LogP contribution in [0.15, 0.2) is 47.6 Å². The number of benzene rings is 2. The minimum atomic E-state index is -0.228. The molecular formula is C21H28N3O2+. The third-order valence-electron chi connectivity index (χ3n) is 4.65. The quantitative estimate of drug-likeness (QED) is 0.527. The zero-order valence-corrected chi connectivity index (χ0v) is 16.0. The first-order chi connectivity index (χ1) is 12.5. The first-order valence-corrected chi connectivity index (χ1v) is 9.02. The summed E-state index contributed by atoms with van der Waals surface area (Å²) in [6.45, 7) is 10.8. The number of hydrogen-bond donors (Lipinski definition) is 3. The molecule has 3 N–H and O–H groups in total. The van der Waals surface area contributed by atoms with Gasteiger partial charge in [0.1, 0.15) is 12.3 Å².